The molecule has 0 bridgehead atoms. The molecule has 2 aliphatic heterocycles. The van der Waals surface area contributed by atoms with E-state index in [-0.39, 0.29) is 11.5 Å². The fourth-order valence-electron chi connectivity index (χ4n) is 3.27. The van der Waals surface area contributed by atoms with Gasteiger partial charge in [-0.2, -0.15) is 0 Å². The van der Waals surface area contributed by atoms with Crippen LogP contribution in [-0.2, 0) is 9.47 Å². The summed E-state index contributed by atoms with van der Waals surface area (Å²) in [6, 6.07) is 3.55. The van der Waals surface area contributed by atoms with Crippen LogP contribution in [0.4, 0.5) is 0 Å². The van der Waals surface area contributed by atoms with E-state index in [4.69, 9.17) is 21.1 Å². The summed E-state index contributed by atoms with van der Waals surface area (Å²) in [6.45, 7) is 2.17. The number of nitrogens with zero attached hydrogens (tertiary/aromatic N) is 1. The van der Waals surface area contributed by atoms with Crippen LogP contribution in [0.1, 0.15) is 37.5 Å². The molecule has 0 radical (unpaired) electrons. The molecular formula is C15H20ClNO3. The van der Waals surface area contributed by atoms with E-state index in [0.29, 0.717) is 17.3 Å². The third-order valence-electron chi connectivity index (χ3n) is 4.45. The van der Waals surface area contributed by atoms with E-state index in [1.165, 1.54) is 0 Å². The second kappa shape index (κ2) is 5.98. The summed E-state index contributed by atoms with van der Waals surface area (Å²) in [6.07, 6.45) is 4.57. The van der Waals surface area contributed by atoms with E-state index in [1.54, 1.807) is 18.3 Å². The van der Waals surface area contributed by atoms with Crippen molar-refractivity contribution in [2.45, 2.75) is 37.4 Å². The van der Waals surface area contributed by atoms with Crippen molar-refractivity contribution in [3.63, 3.8) is 0 Å². The van der Waals surface area contributed by atoms with Crippen molar-refractivity contribution in [1.29, 1.82) is 0 Å². The summed E-state index contributed by atoms with van der Waals surface area (Å²) in [5.74, 6) is 0.147. The Morgan fingerprint density at radius 2 is 2.15 bits per heavy atom. The molecule has 3 rings (SSSR count). The normalized spacial score (nSPS) is 27.4. The van der Waals surface area contributed by atoms with E-state index < -0.39 is 6.10 Å². The summed E-state index contributed by atoms with van der Waals surface area (Å²) in [5, 5.41) is 11.1. The lowest BCUT2D eigenvalue weighted by molar-refractivity contribution is -0.159. The van der Waals surface area contributed by atoms with Gasteiger partial charge in [-0.25, -0.2) is 0 Å². The van der Waals surface area contributed by atoms with Crippen molar-refractivity contribution in [2.24, 2.45) is 5.92 Å². The quantitative estimate of drug-likeness (QED) is 0.912. The average molecular weight is 298 g/mol. The highest BCUT2D eigenvalue weighted by molar-refractivity contribution is 6.31. The topological polar surface area (TPSA) is 51.6 Å². The molecule has 0 aromatic carbocycles. The van der Waals surface area contributed by atoms with Crippen molar-refractivity contribution in [3.8, 4) is 0 Å². The molecule has 1 N–H and O–H groups in total. The highest BCUT2D eigenvalue weighted by Gasteiger charge is 2.41. The lowest BCUT2D eigenvalue weighted by Crippen LogP contribution is -2.45. The molecule has 4 nitrogen and oxygen atoms in total. The smallest absolute Gasteiger partial charge is 0.100 e. The Hall–Kier alpha value is -0.680. The van der Waals surface area contributed by atoms with Gasteiger partial charge in [0.25, 0.3) is 0 Å². The van der Waals surface area contributed by atoms with Gasteiger partial charge in [-0.05, 0) is 43.7 Å². The van der Waals surface area contributed by atoms with Crippen LogP contribution in [0.3, 0.4) is 0 Å². The maximum Gasteiger partial charge on any atom is 0.100 e. The van der Waals surface area contributed by atoms with Gasteiger partial charge in [0.05, 0.1) is 16.3 Å². The lowest BCUT2D eigenvalue weighted by Gasteiger charge is -2.44. The van der Waals surface area contributed by atoms with Crippen molar-refractivity contribution in [1.82, 2.24) is 4.98 Å². The summed E-state index contributed by atoms with van der Waals surface area (Å²) >= 11 is 6.14. The molecule has 1 aromatic rings. The molecule has 1 spiro atoms. The number of hydrogen-bond donors (Lipinski definition) is 1. The van der Waals surface area contributed by atoms with Gasteiger partial charge in [0, 0.05) is 26.0 Å². The molecule has 0 aliphatic carbocycles. The zero-order chi connectivity index (χ0) is 14.0. The van der Waals surface area contributed by atoms with E-state index in [1.807, 2.05) is 0 Å². The third-order valence-corrected chi connectivity index (χ3v) is 4.77. The van der Waals surface area contributed by atoms with E-state index in [0.717, 1.165) is 38.9 Å². The van der Waals surface area contributed by atoms with Crippen molar-refractivity contribution in [3.05, 3.63) is 29.0 Å². The molecule has 1 aromatic heterocycles. The minimum Gasteiger partial charge on any atom is -0.386 e. The first kappa shape index (κ1) is 14.3. The van der Waals surface area contributed by atoms with Gasteiger partial charge in [-0.3, -0.25) is 4.98 Å². The number of halogens is 1. The first-order chi connectivity index (χ1) is 9.70. The number of rotatable bonds is 2. The number of aliphatic hydroxyl groups excluding tert-OH is 1. The molecule has 5 heteroatoms. The summed E-state index contributed by atoms with van der Waals surface area (Å²) in [4.78, 5) is 4.24. The van der Waals surface area contributed by atoms with Crippen LogP contribution in [0.2, 0.25) is 5.02 Å². The van der Waals surface area contributed by atoms with E-state index >= 15 is 0 Å². The maximum absolute atomic E-state index is 10.6. The Labute approximate surface area is 124 Å². The predicted octanol–water partition coefficient (Wildman–Crippen LogP) is 2.74. The highest BCUT2D eigenvalue weighted by Crippen LogP contribution is 2.42. The molecule has 110 valence electrons. The van der Waals surface area contributed by atoms with Gasteiger partial charge in [0.15, 0.2) is 0 Å². The Morgan fingerprint density at radius 3 is 2.90 bits per heavy atom. The fraction of sp³-hybridized carbons (Fsp3) is 0.667. The average Bonchev–Trinajstić information content (AvgIpc) is 2.48. The Morgan fingerprint density at radius 1 is 1.35 bits per heavy atom. The number of aliphatic hydroxyl groups is 1. The van der Waals surface area contributed by atoms with Gasteiger partial charge < -0.3 is 14.6 Å². The molecule has 3 heterocycles. The first-order valence-corrected chi connectivity index (χ1v) is 7.58. The molecular weight excluding hydrogens is 278 g/mol. The second-order valence-corrected chi connectivity index (χ2v) is 6.12. The zero-order valence-electron chi connectivity index (χ0n) is 11.4. The van der Waals surface area contributed by atoms with Crippen LogP contribution in [0, 0.1) is 5.92 Å². The second-order valence-electron chi connectivity index (χ2n) is 5.71. The molecule has 2 saturated heterocycles. The molecule has 2 aliphatic rings. The van der Waals surface area contributed by atoms with Crippen LogP contribution in [0.15, 0.2) is 18.3 Å². The van der Waals surface area contributed by atoms with Gasteiger partial charge in [0.1, 0.15) is 6.10 Å². The minimum absolute atomic E-state index is 0.122. The molecule has 2 unspecified atom stereocenters. The SMILES string of the molecule is OC(c1ncccc1Cl)C1CCOC2(CCOCC2)C1. The van der Waals surface area contributed by atoms with Crippen LogP contribution in [0.5, 0.6) is 0 Å². The van der Waals surface area contributed by atoms with Crippen molar-refractivity contribution < 1.29 is 14.6 Å². The summed E-state index contributed by atoms with van der Waals surface area (Å²) < 4.78 is 11.4. The predicted molar refractivity (Wildman–Crippen MR) is 75.7 cm³/mol. The van der Waals surface area contributed by atoms with Gasteiger partial charge in [-0.15, -0.1) is 0 Å². The Kier molecular flexibility index (Phi) is 4.26. The number of aromatic nitrogens is 1. The number of pyridine rings is 1. The van der Waals surface area contributed by atoms with E-state index in [9.17, 15) is 5.11 Å². The van der Waals surface area contributed by atoms with Gasteiger partial charge in [-0.1, -0.05) is 11.6 Å². The largest absolute Gasteiger partial charge is 0.386 e. The van der Waals surface area contributed by atoms with Crippen LogP contribution in [0.25, 0.3) is 0 Å². The van der Waals surface area contributed by atoms with Crippen molar-refractivity contribution >= 4 is 11.6 Å². The standard InChI is InChI=1S/C15H20ClNO3/c16-12-2-1-6-17-13(12)14(18)11-3-7-20-15(10-11)4-8-19-9-5-15/h1-2,6,11,14,18H,3-5,7-10H2. The Bertz CT molecular complexity index is 457. The third kappa shape index (κ3) is 2.84. The van der Waals surface area contributed by atoms with Gasteiger partial charge >= 0.3 is 0 Å². The minimum atomic E-state index is -0.618. The van der Waals surface area contributed by atoms with Crippen LogP contribution < -0.4 is 0 Å². The monoisotopic (exact) mass is 297 g/mol. The molecule has 0 amide bonds. The fourth-order valence-corrected chi connectivity index (χ4v) is 3.50. The lowest BCUT2D eigenvalue weighted by atomic mass is 9.78. The van der Waals surface area contributed by atoms with E-state index in [2.05, 4.69) is 4.98 Å². The van der Waals surface area contributed by atoms with Crippen molar-refractivity contribution in [2.75, 3.05) is 19.8 Å². The highest BCUT2D eigenvalue weighted by atomic mass is 35.5. The molecule has 2 atom stereocenters. The summed E-state index contributed by atoms with van der Waals surface area (Å²) in [5.41, 5.74) is 0.465. The van der Waals surface area contributed by atoms with Crippen LogP contribution in [-0.4, -0.2) is 35.5 Å². The number of ether oxygens (including phenoxy) is 2. The molecule has 2 fully saturated rings. The summed E-state index contributed by atoms with van der Waals surface area (Å²) in [7, 11) is 0. The van der Waals surface area contributed by atoms with Gasteiger partial charge in [0.2, 0.25) is 0 Å². The molecule has 20 heavy (non-hydrogen) atoms. The maximum atomic E-state index is 10.6. The number of hydrogen-bond acceptors (Lipinski definition) is 4. The zero-order valence-corrected chi connectivity index (χ0v) is 12.2. The Balaban J connectivity index is 1.75. The van der Waals surface area contributed by atoms with Crippen LogP contribution >= 0.6 is 11.6 Å². The molecule has 0 saturated carbocycles. The first-order valence-electron chi connectivity index (χ1n) is 7.20.